The SMILES string of the molecule is O=C(Nc1cc(-c2ccnc(NCC3CCOCC3)c2)ncn1)C1CCNC1. The molecule has 0 radical (unpaired) electrons. The molecular weight excluding hydrogens is 356 g/mol. The number of carbonyl (C=O) groups excluding carboxylic acids is 1. The van der Waals surface area contributed by atoms with Crippen LogP contribution in [0.4, 0.5) is 11.6 Å². The number of ether oxygens (including phenoxy) is 1. The van der Waals surface area contributed by atoms with Gasteiger partial charge in [-0.2, -0.15) is 0 Å². The van der Waals surface area contributed by atoms with Gasteiger partial charge in [0.1, 0.15) is 18.0 Å². The van der Waals surface area contributed by atoms with E-state index in [9.17, 15) is 4.79 Å². The third-order valence-electron chi connectivity index (χ3n) is 5.32. The first-order valence-electron chi connectivity index (χ1n) is 9.89. The van der Waals surface area contributed by atoms with Gasteiger partial charge in [-0.25, -0.2) is 15.0 Å². The van der Waals surface area contributed by atoms with Crippen LogP contribution in [0.5, 0.6) is 0 Å². The minimum Gasteiger partial charge on any atom is -0.381 e. The fourth-order valence-corrected chi connectivity index (χ4v) is 3.58. The van der Waals surface area contributed by atoms with Crippen LogP contribution in [-0.2, 0) is 9.53 Å². The van der Waals surface area contributed by atoms with Crippen molar-refractivity contribution < 1.29 is 9.53 Å². The van der Waals surface area contributed by atoms with Crippen molar-refractivity contribution in [2.45, 2.75) is 19.3 Å². The molecule has 0 spiro atoms. The summed E-state index contributed by atoms with van der Waals surface area (Å²) in [5, 5.41) is 9.53. The molecule has 2 fully saturated rings. The Kier molecular flexibility index (Phi) is 6.08. The highest BCUT2D eigenvalue weighted by Crippen LogP contribution is 2.22. The van der Waals surface area contributed by atoms with Crippen LogP contribution in [0.15, 0.2) is 30.7 Å². The maximum Gasteiger partial charge on any atom is 0.229 e. The third kappa shape index (κ3) is 4.82. The standard InChI is InChI=1S/C20H26N6O2/c27-20(16-1-5-21-12-16)26-19-10-17(24-13-25-19)15-2-6-22-18(9-15)23-11-14-3-7-28-8-4-14/h2,6,9-10,13-14,16,21H,1,3-5,7-8,11-12H2,(H,22,23)(H,24,25,26,27). The average molecular weight is 382 g/mol. The van der Waals surface area contributed by atoms with Crippen LogP contribution in [0, 0.1) is 11.8 Å². The normalized spacial score (nSPS) is 20.1. The molecule has 1 unspecified atom stereocenters. The predicted octanol–water partition coefficient (Wildman–Crippen LogP) is 1.93. The van der Waals surface area contributed by atoms with Crippen LogP contribution in [0.2, 0.25) is 0 Å². The van der Waals surface area contributed by atoms with E-state index in [2.05, 4.69) is 30.9 Å². The molecule has 1 amide bonds. The van der Waals surface area contributed by atoms with Gasteiger partial charge in [-0.1, -0.05) is 0 Å². The summed E-state index contributed by atoms with van der Waals surface area (Å²) in [5.74, 6) is 1.97. The summed E-state index contributed by atoms with van der Waals surface area (Å²) in [7, 11) is 0. The average Bonchev–Trinajstić information content (AvgIpc) is 3.29. The Balaban J connectivity index is 1.41. The molecule has 3 N–H and O–H groups in total. The number of nitrogens with zero attached hydrogens (tertiary/aromatic N) is 3. The number of rotatable bonds is 6. The van der Waals surface area contributed by atoms with Gasteiger partial charge in [0.25, 0.3) is 0 Å². The van der Waals surface area contributed by atoms with Gasteiger partial charge in [0, 0.05) is 44.1 Å². The molecule has 4 heterocycles. The first kappa shape index (κ1) is 18.8. The molecule has 148 valence electrons. The highest BCUT2D eigenvalue weighted by Gasteiger charge is 2.22. The van der Waals surface area contributed by atoms with Crippen molar-refractivity contribution in [3.63, 3.8) is 0 Å². The van der Waals surface area contributed by atoms with E-state index in [1.54, 1.807) is 12.3 Å². The van der Waals surface area contributed by atoms with Gasteiger partial charge in [-0.15, -0.1) is 0 Å². The summed E-state index contributed by atoms with van der Waals surface area (Å²) in [5.41, 5.74) is 1.69. The van der Waals surface area contributed by atoms with E-state index in [4.69, 9.17) is 4.74 Å². The largest absolute Gasteiger partial charge is 0.381 e. The lowest BCUT2D eigenvalue weighted by molar-refractivity contribution is -0.119. The van der Waals surface area contributed by atoms with Gasteiger partial charge < -0.3 is 20.7 Å². The van der Waals surface area contributed by atoms with Crippen molar-refractivity contribution in [2.24, 2.45) is 11.8 Å². The lowest BCUT2D eigenvalue weighted by Crippen LogP contribution is -2.25. The Bertz CT molecular complexity index is 803. The van der Waals surface area contributed by atoms with Crippen molar-refractivity contribution in [2.75, 3.05) is 43.5 Å². The molecule has 2 saturated heterocycles. The summed E-state index contributed by atoms with van der Waals surface area (Å²) < 4.78 is 5.41. The Morgan fingerprint density at radius 3 is 2.86 bits per heavy atom. The fourth-order valence-electron chi connectivity index (χ4n) is 3.58. The molecule has 0 saturated carbocycles. The zero-order valence-electron chi connectivity index (χ0n) is 15.9. The molecule has 2 aliphatic heterocycles. The summed E-state index contributed by atoms with van der Waals surface area (Å²) in [6, 6.07) is 5.69. The maximum absolute atomic E-state index is 12.3. The molecule has 1 atom stereocenters. The van der Waals surface area contributed by atoms with E-state index < -0.39 is 0 Å². The minimum atomic E-state index is 0.000306. The highest BCUT2D eigenvalue weighted by molar-refractivity contribution is 5.92. The zero-order chi connectivity index (χ0) is 19.2. The molecule has 28 heavy (non-hydrogen) atoms. The van der Waals surface area contributed by atoms with E-state index in [0.29, 0.717) is 11.7 Å². The van der Waals surface area contributed by atoms with E-state index in [1.807, 2.05) is 12.1 Å². The molecule has 0 bridgehead atoms. The zero-order valence-corrected chi connectivity index (χ0v) is 15.9. The molecule has 8 heteroatoms. The number of hydrogen-bond acceptors (Lipinski definition) is 7. The number of amides is 1. The fraction of sp³-hybridized carbons (Fsp3) is 0.500. The molecule has 0 aromatic carbocycles. The van der Waals surface area contributed by atoms with Gasteiger partial charge in [0.15, 0.2) is 0 Å². The Hall–Kier alpha value is -2.58. The lowest BCUT2D eigenvalue weighted by Gasteiger charge is -2.22. The number of anilines is 2. The van der Waals surface area contributed by atoms with Crippen LogP contribution < -0.4 is 16.0 Å². The first-order chi connectivity index (χ1) is 13.8. The summed E-state index contributed by atoms with van der Waals surface area (Å²) >= 11 is 0. The highest BCUT2D eigenvalue weighted by atomic mass is 16.5. The topological polar surface area (TPSA) is 101 Å². The smallest absolute Gasteiger partial charge is 0.229 e. The van der Waals surface area contributed by atoms with Crippen LogP contribution in [0.25, 0.3) is 11.3 Å². The number of hydrogen-bond donors (Lipinski definition) is 3. The van der Waals surface area contributed by atoms with Gasteiger partial charge >= 0.3 is 0 Å². The van der Waals surface area contributed by atoms with Gasteiger partial charge in [-0.05, 0) is 43.9 Å². The number of carbonyl (C=O) groups is 1. The number of aromatic nitrogens is 3. The Labute approximate surface area is 164 Å². The molecule has 8 nitrogen and oxygen atoms in total. The summed E-state index contributed by atoms with van der Waals surface area (Å²) in [6.45, 7) is 4.17. The van der Waals surface area contributed by atoms with E-state index in [0.717, 1.165) is 69.2 Å². The van der Waals surface area contributed by atoms with E-state index >= 15 is 0 Å². The molecule has 2 aliphatic rings. The van der Waals surface area contributed by atoms with Gasteiger partial charge in [-0.3, -0.25) is 4.79 Å². The monoisotopic (exact) mass is 382 g/mol. The summed E-state index contributed by atoms with van der Waals surface area (Å²) in [6.07, 6.45) is 6.27. The molecular formula is C20H26N6O2. The Morgan fingerprint density at radius 2 is 2.04 bits per heavy atom. The number of pyridine rings is 1. The van der Waals surface area contributed by atoms with Gasteiger partial charge in [0.2, 0.25) is 5.91 Å². The van der Waals surface area contributed by atoms with Crippen LogP contribution in [0.1, 0.15) is 19.3 Å². The summed E-state index contributed by atoms with van der Waals surface area (Å²) in [4.78, 5) is 25.3. The van der Waals surface area contributed by atoms with Crippen LogP contribution in [0.3, 0.4) is 0 Å². The quantitative estimate of drug-likeness (QED) is 0.702. The third-order valence-corrected chi connectivity index (χ3v) is 5.32. The van der Waals surface area contributed by atoms with Crippen molar-refractivity contribution in [3.05, 3.63) is 30.7 Å². The van der Waals surface area contributed by atoms with E-state index in [-0.39, 0.29) is 11.8 Å². The molecule has 2 aromatic heterocycles. The second kappa shape index (κ2) is 9.07. The molecule has 4 rings (SSSR count). The Morgan fingerprint density at radius 1 is 1.14 bits per heavy atom. The second-order valence-corrected chi connectivity index (χ2v) is 7.33. The molecule has 0 aliphatic carbocycles. The van der Waals surface area contributed by atoms with Crippen molar-refractivity contribution in [1.29, 1.82) is 0 Å². The number of nitrogens with one attached hydrogen (secondary N) is 3. The lowest BCUT2D eigenvalue weighted by atomic mass is 10.0. The maximum atomic E-state index is 12.3. The predicted molar refractivity (Wildman–Crippen MR) is 107 cm³/mol. The van der Waals surface area contributed by atoms with Crippen molar-refractivity contribution in [1.82, 2.24) is 20.3 Å². The van der Waals surface area contributed by atoms with Crippen molar-refractivity contribution in [3.8, 4) is 11.3 Å². The first-order valence-corrected chi connectivity index (χ1v) is 9.89. The van der Waals surface area contributed by atoms with E-state index in [1.165, 1.54) is 6.33 Å². The molecule has 2 aromatic rings. The second-order valence-electron chi connectivity index (χ2n) is 7.33. The van der Waals surface area contributed by atoms with Crippen LogP contribution >= 0.6 is 0 Å². The minimum absolute atomic E-state index is 0.000306. The van der Waals surface area contributed by atoms with Gasteiger partial charge in [0.05, 0.1) is 11.6 Å². The van der Waals surface area contributed by atoms with Crippen molar-refractivity contribution >= 4 is 17.5 Å². The van der Waals surface area contributed by atoms with Crippen LogP contribution in [-0.4, -0.2) is 53.7 Å².